The lowest BCUT2D eigenvalue weighted by molar-refractivity contribution is 1.18. The monoisotopic (exact) mass is 616 g/mol. The predicted molar refractivity (Wildman–Crippen MR) is 200 cm³/mol. The third-order valence-corrected chi connectivity index (χ3v) is 10.2. The summed E-state index contributed by atoms with van der Waals surface area (Å²) in [6, 6.07) is 60.1. The van der Waals surface area contributed by atoms with E-state index in [0.29, 0.717) is 5.82 Å². The fourth-order valence-corrected chi connectivity index (χ4v) is 7.89. The van der Waals surface area contributed by atoms with Gasteiger partial charge in [-0.25, -0.2) is 9.97 Å². The topological polar surface area (TPSA) is 25.8 Å². The standard InChI is InChI=1S/C44H28N2S/c1-3-11-29(12-4-1)30-21-23-32(24-22-30)40-28-41(46-44(45-40)33-14-5-2-6-15-33)35-17-9-16-34(27-35)37-19-10-20-38-39-26-25-31-13-7-8-18-36(31)42(39)47-43(37)38/h1-28H. The van der Waals surface area contributed by atoms with Crippen LogP contribution in [0.15, 0.2) is 170 Å². The van der Waals surface area contributed by atoms with E-state index in [1.807, 2.05) is 35.6 Å². The molecule has 0 amide bonds. The number of fused-ring (bicyclic) bond motifs is 5. The molecule has 0 atom stereocenters. The van der Waals surface area contributed by atoms with Gasteiger partial charge in [0.05, 0.1) is 11.4 Å². The number of aromatic nitrogens is 2. The molecule has 0 saturated heterocycles. The highest BCUT2D eigenvalue weighted by Gasteiger charge is 2.15. The van der Waals surface area contributed by atoms with Gasteiger partial charge in [-0.05, 0) is 45.2 Å². The summed E-state index contributed by atoms with van der Waals surface area (Å²) in [5, 5.41) is 5.20. The summed E-state index contributed by atoms with van der Waals surface area (Å²) in [7, 11) is 0. The number of rotatable bonds is 5. The van der Waals surface area contributed by atoms with E-state index in [-0.39, 0.29) is 0 Å². The molecule has 7 aromatic carbocycles. The molecule has 0 unspecified atom stereocenters. The summed E-state index contributed by atoms with van der Waals surface area (Å²) in [6.07, 6.45) is 0. The molecule has 0 radical (unpaired) electrons. The molecule has 2 aromatic heterocycles. The van der Waals surface area contributed by atoms with E-state index in [9.17, 15) is 0 Å². The van der Waals surface area contributed by atoms with Gasteiger partial charge in [-0.1, -0.05) is 158 Å². The first-order valence-corrected chi connectivity index (χ1v) is 16.6. The highest BCUT2D eigenvalue weighted by atomic mass is 32.1. The van der Waals surface area contributed by atoms with Gasteiger partial charge in [-0.3, -0.25) is 0 Å². The van der Waals surface area contributed by atoms with Crippen molar-refractivity contribution in [3.05, 3.63) is 170 Å². The predicted octanol–water partition coefficient (Wildman–Crippen LogP) is 12.3. The molecule has 3 heteroatoms. The Labute approximate surface area is 277 Å². The van der Waals surface area contributed by atoms with Crippen LogP contribution in [-0.4, -0.2) is 9.97 Å². The van der Waals surface area contributed by atoms with Crippen molar-refractivity contribution < 1.29 is 0 Å². The van der Waals surface area contributed by atoms with E-state index in [0.717, 1.165) is 28.1 Å². The molecule has 0 spiro atoms. The Morgan fingerprint density at radius 1 is 0.340 bits per heavy atom. The van der Waals surface area contributed by atoms with Crippen molar-refractivity contribution in [2.24, 2.45) is 0 Å². The van der Waals surface area contributed by atoms with Crippen molar-refractivity contribution in [2.45, 2.75) is 0 Å². The maximum atomic E-state index is 5.12. The first kappa shape index (κ1) is 27.4. The van der Waals surface area contributed by atoms with Crippen LogP contribution in [0.4, 0.5) is 0 Å². The van der Waals surface area contributed by atoms with Gasteiger partial charge in [0.2, 0.25) is 0 Å². The van der Waals surface area contributed by atoms with E-state index in [4.69, 9.17) is 9.97 Å². The number of hydrogen-bond donors (Lipinski definition) is 0. The molecule has 0 aliphatic heterocycles. The lowest BCUT2D eigenvalue weighted by atomic mass is 9.98. The molecule has 0 saturated carbocycles. The Balaban J connectivity index is 1.17. The van der Waals surface area contributed by atoms with Gasteiger partial charge in [-0.15, -0.1) is 11.3 Å². The van der Waals surface area contributed by atoms with Gasteiger partial charge in [0.15, 0.2) is 5.82 Å². The van der Waals surface area contributed by atoms with Gasteiger partial charge in [0.1, 0.15) is 0 Å². The van der Waals surface area contributed by atoms with E-state index in [2.05, 4.69) is 146 Å². The molecule has 2 nitrogen and oxygen atoms in total. The summed E-state index contributed by atoms with van der Waals surface area (Å²) in [5.41, 5.74) is 9.72. The van der Waals surface area contributed by atoms with E-state index in [1.54, 1.807) is 0 Å². The average molecular weight is 617 g/mol. The molecule has 0 aliphatic carbocycles. The zero-order valence-electron chi connectivity index (χ0n) is 25.5. The summed E-state index contributed by atoms with van der Waals surface area (Å²) in [4.78, 5) is 10.2. The third-order valence-electron chi connectivity index (χ3n) is 8.90. The Bertz CT molecular complexity index is 2550. The van der Waals surface area contributed by atoms with Crippen LogP contribution >= 0.6 is 11.3 Å². The molecule has 9 rings (SSSR count). The van der Waals surface area contributed by atoms with Crippen molar-refractivity contribution in [3.63, 3.8) is 0 Å². The Morgan fingerprint density at radius 2 is 0.915 bits per heavy atom. The SMILES string of the molecule is c1ccc(-c2ccc(-c3cc(-c4cccc(-c5cccc6c5sc5c7ccccc7ccc65)c4)nc(-c4ccccc4)n3)cc2)cc1. The van der Waals surface area contributed by atoms with Crippen LogP contribution in [0, 0.1) is 0 Å². The van der Waals surface area contributed by atoms with Gasteiger partial charge >= 0.3 is 0 Å². The summed E-state index contributed by atoms with van der Waals surface area (Å²) in [6.45, 7) is 0. The quantitative estimate of drug-likeness (QED) is 0.192. The fourth-order valence-electron chi connectivity index (χ4n) is 6.52. The van der Waals surface area contributed by atoms with Crippen LogP contribution in [0.25, 0.3) is 87.1 Å². The third kappa shape index (κ3) is 4.98. The molecule has 0 N–H and O–H groups in total. The van der Waals surface area contributed by atoms with Crippen LogP contribution in [0.3, 0.4) is 0 Å². The van der Waals surface area contributed by atoms with Crippen LogP contribution in [-0.2, 0) is 0 Å². The molecule has 0 bridgehead atoms. The minimum Gasteiger partial charge on any atom is -0.228 e. The van der Waals surface area contributed by atoms with E-state index in [1.165, 1.54) is 53.2 Å². The number of benzene rings is 7. The maximum absolute atomic E-state index is 5.12. The van der Waals surface area contributed by atoms with Crippen LogP contribution in [0.1, 0.15) is 0 Å². The zero-order chi connectivity index (χ0) is 31.2. The summed E-state index contributed by atoms with van der Waals surface area (Å²) >= 11 is 1.89. The second-order valence-corrected chi connectivity index (χ2v) is 12.8. The smallest absolute Gasteiger partial charge is 0.160 e. The molecule has 0 aliphatic rings. The van der Waals surface area contributed by atoms with Crippen molar-refractivity contribution in [1.29, 1.82) is 0 Å². The zero-order valence-corrected chi connectivity index (χ0v) is 26.3. The second kappa shape index (κ2) is 11.5. The number of nitrogens with zero attached hydrogens (tertiary/aromatic N) is 2. The van der Waals surface area contributed by atoms with Crippen molar-refractivity contribution in [2.75, 3.05) is 0 Å². The number of thiophene rings is 1. The van der Waals surface area contributed by atoms with Crippen molar-refractivity contribution in [1.82, 2.24) is 9.97 Å². The first-order valence-electron chi connectivity index (χ1n) is 15.8. The fraction of sp³-hybridized carbons (Fsp3) is 0. The minimum absolute atomic E-state index is 0.717. The van der Waals surface area contributed by atoms with E-state index >= 15 is 0 Å². The van der Waals surface area contributed by atoms with Gasteiger partial charge in [0, 0.05) is 36.9 Å². The Kier molecular flexibility index (Phi) is 6.69. The average Bonchev–Trinajstić information content (AvgIpc) is 3.55. The van der Waals surface area contributed by atoms with Gasteiger partial charge < -0.3 is 0 Å². The number of hydrogen-bond acceptors (Lipinski definition) is 3. The lowest BCUT2D eigenvalue weighted by Gasteiger charge is -2.11. The van der Waals surface area contributed by atoms with Crippen molar-refractivity contribution in [3.8, 4) is 56.2 Å². The van der Waals surface area contributed by atoms with Crippen LogP contribution in [0.2, 0.25) is 0 Å². The van der Waals surface area contributed by atoms with Crippen LogP contribution in [0.5, 0.6) is 0 Å². The van der Waals surface area contributed by atoms with Crippen LogP contribution < -0.4 is 0 Å². The van der Waals surface area contributed by atoms with Gasteiger partial charge in [-0.2, -0.15) is 0 Å². The maximum Gasteiger partial charge on any atom is 0.160 e. The molecule has 9 aromatic rings. The lowest BCUT2D eigenvalue weighted by Crippen LogP contribution is -1.96. The van der Waals surface area contributed by atoms with Gasteiger partial charge in [0.25, 0.3) is 0 Å². The van der Waals surface area contributed by atoms with Crippen molar-refractivity contribution >= 4 is 42.3 Å². The normalized spacial score (nSPS) is 11.4. The highest BCUT2D eigenvalue weighted by molar-refractivity contribution is 7.27. The largest absolute Gasteiger partial charge is 0.228 e. The summed E-state index contributed by atoms with van der Waals surface area (Å²) in [5.74, 6) is 0.717. The molecule has 47 heavy (non-hydrogen) atoms. The second-order valence-electron chi connectivity index (χ2n) is 11.8. The molecular formula is C44H28N2S. The molecular weight excluding hydrogens is 589 g/mol. The molecule has 220 valence electrons. The Morgan fingerprint density at radius 3 is 1.72 bits per heavy atom. The molecule has 0 fully saturated rings. The first-order chi connectivity index (χ1) is 23.3. The van der Waals surface area contributed by atoms with E-state index < -0.39 is 0 Å². The Hall–Kier alpha value is -5.90. The summed E-state index contributed by atoms with van der Waals surface area (Å²) < 4.78 is 2.65. The highest BCUT2D eigenvalue weighted by Crippen LogP contribution is 2.43. The minimum atomic E-state index is 0.717. The molecule has 2 heterocycles.